The summed E-state index contributed by atoms with van der Waals surface area (Å²) in [6, 6.07) is 21.1. The predicted molar refractivity (Wildman–Crippen MR) is 114 cm³/mol. The summed E-state index contributed by atoms with van der Waals surface area (Å²) in [6.07, 6.45) is 0. The van der Waals surface area contributed by atoms with E-state index in [0.717, 1.165) is 37.1 Å². The average Bonchev–Trinajstić information content (AvgIpc) is 3.10. The van der Waals surface area contributed by atoms with Crippen molar-refractivity contribution in [2.75, 3.05) is 0 Å². The van der Waals surface area contributed by atoms with Gasteiger partial charge in [-0.25, -0.2) is 0 Å². The summed E-state index contributed by atoms with van der Waals surface area (Å²) >= 11 is 3.53. The van der Waals surface area contributed by atoms with Crippen LogP contribution in [0.15, 0.2) is 71.2 Å². The molecule has 0 saturated heterocycles. The SMILES string of the molecule is O=C1c2ccccc2C(=O)c2c1ccc1c2[nH]c2ccc3cc(Br)ccc3c21. The minimum Gasteiger partial charge on any atom is -0.354 e. The molecule has 0 saturated carbocycles. The summed E-state index contributed by atoms with van der Waals surface area (Å²) in [5, 5.41) is 4.26. The van der Waals surface area contributed by atoms with Crippen molar-refractivity contribution in [1.29, 1.82) is 0 Å². The predicted octanol–water partition coefficient (Wildman–Crippen LogP) is 6.01. The molecular weight excluding hydrogens is 414 g/mol. The number of halogens is 1. The van der Waals surface area contributed by atoms with Gasteiger partial charge in [-0.05, 0) is 35.0 Å². The average molecular weight is 426 g/mol. The monoisotopic (exact) mass is 425 g/mol. The maximum atomic E-state index is 13.3. The van der Waals surface area contributed by atoms with Crippen LogP contribution in [-0.4, -0.2) is 16.6 Å². The van der Waals surface area contributed by atoms with E-state index < -0.39 is 0 Å². The van der Waals surface area contributed by atoms with Gasteiger partial charge in [0.15, 0.2) is 11.6 Å². The molecule has 0 radical (unpaired) electrons. The second kappa shape index (κ2) is 5.40. The molecule has 4 aromatic carbocycles. The zero-order valence-corrected chi connectivity index (χ0v) is 16.1. The minimum absolute atomic E-state index is 0.0976. The Morgan fingerprint density at radius 2 is 1.46 bits per heavy atom. The number of fused-ring (bicyclic) bond motifs is 8. The van der Waals surface area contributed by atoms with Crippen LogP contribution in [0.2, 0.25) is 0 Å². The number of aromatic nitrogens is 1. The summed E-state index contributed by atoms with van der Waals surface area (Å²) in [5.41, 5.74) is 3.58. The molecule has 0 bridgehead atoms. The van der Waals surface area contributed by atoms with E-state index in [1.165, 1.54) is 0 Å². The van der Waals surface area contributed by atoms with Crippen molar-refractivity contribution in [3.05, 3.63) is 93.5 Å². The third kappa shape index (κ3) is 1.93. The number of aromatic amines is 1. The van der Waals surface area contributed by atoms with E-state index in [0.29, 0.717) is 22.3 Å². The van der Waals surface area contributed by atoms with Crippen molar-refractivity contribution < 1.29 is 9.59 Å². The first kappa shape index (κ1) is 15.8. The lowest BCUT2D eigenvalue weighted by atomic mass is 9.83. The molecule has 28 heavy (non-hydrogen) atoms. The number of rotatable bonds is 0. The normalized spacial score (nSPS) is 13.3. The van der Waals surface area contributed by atoms with Crippen molar-refractivity contribution >= 4 is 60.1 Å². The van der Waals surface area contributed by atoms with Crippen molar-refractivity contribution in [1.82, 2.24) is 4.98 Å². The molecule has 1 aliphatic rings. The maximum Gasteiger partial charge on any atom is 0.196 e. The third-order valence-corrected chi connectivity index (χ3v) is 6.10. The van der Waals surface area contributed by atoms with Gasteiger partial charge >= 0.3 is 0 Å². The highest BCUT2D eigenvalue weighted by Gasteiger charge is 2.31. The molecule has 0 spiro atoms. The molecule has 0 fully saturated rings. The Balaban J connectivity index is 1.76. The van der Waals surface area contributed by atoms with Gasteiger partial charge in [0.2, 0.25) is 0 Å². The highest BCUT2D eigenvalue weighted by Crippen LogP contribution is 2.38. The number of H-pyrrole nitrogens is 1. The quantitative estimate of drug-likeness (QED) is 0.323. The van der Waals surface area contributed by atoms with E-state index in [1.807, 2.05) is 18.2 Å². The molecule has 6 rings (SSSR count). The van der Waals surface area contributed by atoms with Crippen LogP contribution >= 0.6 is 15.9 Å². The molecule has 0 unspecified atom stereocenters. The Bertz CT molecular complexity index is 1510. The molecule has 1 aliphatic carbocycles. The van der Waals surface area contributed by atoms with Crippen molar-refractivity contribution in [2.24, 2.45) is 0 Å². The van der Waals surface area contributed by atoms with Crippen molar-refractivity contribution in [3.8, 4) is 0 Å². The van der Waals surface area contributed by atoms with Gasteiger partial charge < -0.3 is 4.98 Å². The van der Waals surface area contributed by atoms with Crippen molar-refractivity contribution in [2.45, 2.75) is 0 Å². The highest BCUT2D eigenvalue weighted by atomic mass is 79.9. The molecule has 3 nitrogen and oxygen atoms in total. The largest absolute Gasteiger partial charge is 0.354 e. The first-order valence-corrected chi connectivity index (χ1v) is 9.78. The van der Waals surface area contributed by atoms with Crippen LogP contribution in [0.25, 0.3) is 32.6 Å². The Labute approximate surface area is 168 Å². The molecule has 1 heterocycles. The lowest BCUT2D eigenvalue weighted by Crippen LogP contribution is -2.21. The van der Waals surface area contributed by atoms with Crippen LogP contribution in [0.1, 0.15) is 31.8 Å². The molecular formula is C24H12BrNO2. The molecule has 4 heteroatoms. The number of carbonyl (C=O) groups excluding carboxylic acids is 2. The summed E-state index contributed by atoms with van der Waals surface area (Å²) in [6.45, 7) is 0. The summed E-state index contributed by atoms with van der Waals surface area (Å²) in [5.74, 6) is -0.200. The number of hydrogen-bond donors (Lipinski definition) is 1. The molecule has 0 amide bonds. The van der Waals surface area contributed by atoms with Crippen LogP contribution < -0.4 is 0 Å². The van der Waals surface area contributed by atoms with Gasteiger partial charge in [0.05, 0.1) is 11.1 Å². The molecule has 0 aliphatic heterocycles. The lowest BCUT2D eigenvalue weighted by molar-refractivity contribution is 0.0980. The standard InChI is InChI=1S/C24H12BrNO2/c25-13-6-7-14-12(11-13)5-10-19-20(14)17-8-9-18-21(22(17)26-19)24(28)16-4-2-1-3-15(16)23(18)27/h1-11,26H. The highest BCUT2D eigenvalue weighted by molar-refractivity contribution is 9.10. The van der Waals surface area contributed by atoms with Gasteiger partial charge in [0, 0.05) is 37.5 Å². The first-order chi connectivity index (χ1) is 13.6. The third-order valence-electron chi connectivity index (χ3n) is 5.60. The van der Waals surface area contributed by atoms with E-state index >= 15 is 0 Å². The molecule has 132 valence electrons. The zero-order chi connectivity index (χ0) is 19.0. The van der Waals surface area contributed by atoms with Crippen LogP contribution in [0, 0.1) is 0 Å². The fourth-order valence-electron chi connectivity index (χ4n) is 4.35. The Kier molecular flexibility index (Phi) is 3.04. The second-order valence-corrected chi connectivity index (χ2v) is 8.01. The number of nitrogens with one attached hydrogen (secondary N) is 1. The van der Waals surface area contributed by atoms with Crippen LogP contribution in [-0.2, 0) is 0 Å². The fourth-order valence-corrected chi connectivity index (χ4v) is 4.73. The van der Waals surface area contributed by atoms with Gasteiger partial charge in [-0.3, -0.25) is 9.59 Å². The summed E-state index contributed by atoms with van der Waals surface area (Å²) < 4.78 is 1.02. The Hall–Kier alpha value is -3.24. The number of carbonyl (C=O) groups is 2. The van der Waals surface area contributed by atoms with Crippen LogP contribution in [0.3, 0.4) is 0 Å². The second-order valence-electron chi connectivity index (χ2n) is 7.09. The summed E-state index contributed by atoms with van der Waals surface area (Å²) in [7, 11) is 0. The Morgan fingerprint density at radius 1 is 0.714 bits per heavy atom. The fraction of sp³-hybridized carbons (Fsp3) is 0. The smallest absolute Gasteiger partial charge is 0.196 e. The van der Waals surface area contributed by atoms with Gasteiger partial charge in [-0.1, -0.05) is 58.4 Å². The topological polar surface area (TPSA) is 49.9 Å². The van der Waals surface area contributed by atoms with E-state index in [9.17, 15) is 9.59 Å². The molecule has 5 aromatic rings. The van der Waals surface area contributed by atoms with E-state index in [4.69, 9.17) is 0 Å². The maximum absolute atomic E-state index is 13.3. The Morgan fingerprint density at radius 3 is 2.29 bits per heavy atom. The molecule has 0 atom stereocenters. The molecule has 1 N–H and O–H groups in total. The van der Waals surface area contributed by atoms with Crippen molar-refractivity contribution in [3.63, 3.8) is 0 Å². The summed E-state index contributed by atoms with van der Waals surface area (Å²) in [4.78, 5) is 29.7. The van der Waals surface area contributed by atoms with Gasteiger partial charge in [0.25, 0.3) is 0 Å². The van der Waals surface area contributed by atoms with Gasteiger partial charge in [-0.15, -0.1) is 0 Å². The van der Waals surface area contributed by atoms with E-state index in [2.05, 4.69) is 39.1 Å². The van der Waals surface area contributed by atoms with Crippen LogP contribution in [0.5, 0.6) is 0 Å². The number of ketones is 2. The van der Waals surface area contributed by atoms with Gasteiger partial charge in [-0.2, -0.15) is 0 Å². The lowest BCUT2D eigenvalue weighted by Gasteiger charge is -2.17. The van der Waals surface area contributed by atoms with Crippen LogP contribution in [0.4, 0.5) is 0 Å². The minimum atomic E-state index is -0.102. The van der Waals surface area contributed by atoms with E-state index in [-0.39, 0.29) is 11.6 Å². The van der Waals surface area contributed by atoms with E-state index in [1.54, 1.807) is 30.3 Å². The number of benzene rings is 4. The molecule has 1 aromatic heterocycles. The first-order valence-electron chi connectivity index (χ1n) is 8.98. The number of hydrogen-bond acceptors (Lipinski definition) is 2. The van der Waals surface area contributed by atoms with Gasteiger partial charge in [0.1, 0.15) is 0 Å². The zero-order valence-electron chi connectivity index (χ0n) is 14.5.